The Morgan fingerprint density at radius 3 is 2.88 bits per heavy atom. The standard InChI is InChI=1S/C24H23N5O3S2/c1-4-10-28-22(21-13-31-19-7-5-6-8-20(19)32-21)26-27-24(28)34-14-18(30)17-12-15(2)29(16(17)3)23-25-9-11-33-23/h4-9,11-12,21H,1,10,13-14H2,2-3H3. The molecule has 0 fully saturated rings. The zero-order valence-corrected chi connectivity index (χ0v) is 20.4. The van der Waals surface area contributed by atoms with E-state index in [0.29, 0.717) is 41.2 Å². The van der Waals surface area contributed by atoms with Crippen LogP contribution in [0.25, 0.3) is 5.13 Å². The SMILES string of the molecule is C=CCn1c(SCC(=O)c2cc(C)n(-c3nccs3)c2C)nnc1C1COc2ccccc2O1. The highest BCUT2D eigenvalue weighted by Gasteiger charge is 2.28. The second-order valence-corrected chi connectivity index (χ2v) is 9.57. The average Bonchev–Trinajstić information content (AvgIpc) is 3.57. The van der Waals surface area contributed by atoms with Gasteiger partial charge in [-0.25, -0.2) is 4.98 Å². The van der Waals surface area contributed by atoms with E-state index in [4.69, 9.17) is 9.47 Å². The maximum absolute atomic E-state index is 13.1. The number of rotatable bonds is 8. The third-order valence-electron chi connectivity index (χ3n) is 5.53. The van der Waals surface area contributed by atoms with E-state index in [0.717, 1.165) is 16.5 Å². The summed E-state index contributed by atoms with van der Waals surface area (Å²) in [4.78, 5) is 17.5. The van der Waals surface area contributed by atoms with Crippen LogP contribution in [0.15, 0.2) is 59.7 Å². The van der Waals surface area contributed by atoms with Crippen LogP contribution in [0.5, 0.6) is 11.5 Å². The van der Waals surface area contributed by atoms with Gasteiger partial charge in [-0.3, -0.25) is 13.9 Å². The number of thioether (sulfide) groups is 1. The summed E-state index contributed by atoms with van der Waals surface area (Å²) >= 11 is 2.90. The van der Waals surface area contributed by atoms with Crippen molar-refractivity contribution in [3.8, 4) is 16.6 Å². The maximum Gasteiger partial charge on any atom is 0.193 e. The highest BCUT2D eigenvalue weighted by atomic mass is 32.2. The van der Waals surface area contributed by atoms with Crippen molar-refractivity contribution in [2.24, 2.45) is 0 Å². The van der Waals surface area contributed by atoms with Crippen LogP contribution in [0.4, 0.5) is 0 Å². The molecule has 3 aromatic heterocycles. The molecule has 10 heteroatoms. The monoisotopic (exact) mass is 493 g/mol. The lowest BCUT2D eigenvalue weighted by Gasteiger charge is -2.26. The molecule has 174 valence electrons. The summed E-state index contributed by atoms with van der Waals surface area (Å²) in [6.45, 7) is 8.62. The van der Waals surface area contributed by atoms with Gasteiger partial charge in [-0.2, -0.15) is 0 Å². The molecular weight excluding hydrogens is 470 g/mol. The summed E-state index contributed by atoms with van der Waals surface area (Å²) in [5, 5.41) is 12.1. The maximum atomic E-state index is 13.1. The van der Waals surface area contributed by atoms with Gasteiger partial charge in [0.15, 0.2) is 39.5 Å². The lowest BCUT2D eigenvalue weighted by atomic mass is 10.2. The van der Waals surface area contributed by atoms with E-state index in [1.165, 1.54) is 11.8 Å². The van der Waals surface area contributed by atoms with Crippen molar-refractivity contribution in [2.75, 3.05) is 12.4 Å². The number of Topliss-reactive ketones (excluding diaryl/α,β-unsaturated/α-hetero) is 1. The number of benzene rings is 1. The quantitative estimate of drug-likeness (QED) is 0.198. The number of nitrogens with zero attached hydrogens (tertiary/aromatic N) is 5. The van der Waals surface area contributed by atoms with Gasteiger partial charge in [0.2, 0.25) is 0 Å². The minimum Gasteiger partial charge on any atom is -0.485 e. The van der Waals surface area contributed by atoms with Gasteiger partial charge in [-0.05, 0) is 32.0 Å². The van der Waals surface area contributed by atoms with Gasteiger partial charge in [-0.15, -0.1) is 28.1 Å². The minimum atomic E-state index is -0.398. The Labute approximate surface area is 205 Å². The summed E-state index contributed by atoms with van der Waals surface area (Å²) < 4.78 is 15.9. The number of ketones is 1. The van der Waals surface area contributed by atoms with Crippen LogP contribution in [-0.2, 0) is 6.54 Å². The number of para-hydroxylation sites is 2. The predicted octanol–water partition coefficient (Wildman–Crippen LogP) is 4.82. The molecule has 4 aromatic rings. The summed E-state index contributed by atoms with van der Waals surface area (Å²) in [6.07, 6.45) is 3.14. The van der Waals surface area contributed by atoms with Gasteiger partial charge in [-0.1, -0.05) is 30.0 Å². The molecule has 0 aliphatic carbocycles. The Kier molecular flexibility index (Phi) is 6.25. The first-order valence-corrected chi connectivity index (χ1v) is 12.6. The predicted molar refractivity (Wildman–Crippen MR) is 131 cm³/mol. The number of hydrogen-bond acceptors (Lipinski definition) is 8. The molecular formula is C24H23N5O3S2. The van der Waals surface area contributed by atoms with Crippen molar-refractivity contribution in [1.82, 2.24) is 24.3 Å². The van der Waals surface area contributed by atoms with E-state index in [2.05, 4.69) is 21.8 Å². The fourth-order valence-electron chi connectivity index (χ4n) is 3.97. The third-order valence-corrected chi connectivity index (χ3v) is 7.25. The van der Waals surface area contributed by atoms with Crippen molar-refractivity contribution < 1.29 is 14.3 Å². The third kappa shape index (κ3) is 4.14. The molecule has 5 rings (SSSR count). The van der Waals surface area contributed by atoms with E-state index in [9.17, 15) is 4.79 Å². The highest BCUT2D eigenvalue weighted by Crippen LogP contribution is 2.36. The van der Waals surface area contributed by atoms with Crippen LogP contribution in [0, 0.1) is 13.8 Å². The highest BCUT2D eigenvalue weighted by molar-refractivity contribution is 7.99. The molecule has 0 bridgehead atoms. The topological polar surface area (TPSA) is 84.1 Å². The van der Waals surface area contributed by atoms with Gasteiger partial charge in [0.1, 0.15) is 6.61 Å². The lowest BCUT2D eigenvalue weighted by Crippen LogP contribution is -2.25. The van der Waals surface area contributed by atoms with Gasteiger partial charge in [0, 0.05) is 35.1 Å². The molecule has 34 heavy (non-hydrogen) atoms. The first-order chi connectivity index (χ1) is 16.6. The molecule has 1 atom stereocenters. The number of carbonyl (C=O) groups is 1. The van der Waals surface area contributed by atoms with Crippen LogP contribution in [-0.4, -0.2) is 42.5 Å². The van der Waals surface area contributed by atoms with E-state index in [-0.39, 0.29) is 11.5 Å². The molecule has 0 amide bonds. The zero-order valence-electron chi connectivity index (χ0n) is 18.8. The van der Waals surface area contributed by atoms with Gasteiger partial charge in [0.25, 0.3) is 0 Å². The molecule has 1 aliphatic heterocycles. The van der Waals surface area contributed by atoms with E-state index < -0.39 is 6.10 Å². The van der Waals surface area contributed by atoms with Crippen LogP contribution in [0.1, 0.15) is 33.7 Å². The number of aryl methyl sites for hydroxylation is 1. The van der Waals surface area contributed by atoms with Crippen LogP contribution >= 0.6 is 23.1 Å². The Hall–Kier alpha value is -3.37. The molecule has 0 spiro atoms. The van der Waals surface area contributed by atoms with Crippen LogP contribution in [0.3, 0.4) is 0 Å². The largest absolute Gasteiger partial charge is 0.485 e. The molecule has 8 nitrogen and oxygen atoms in total. The second-order valence-electron chi connectivity index (χ2n) is 7.75. The number of ether oxygens (including phenoxy) is 2. The summed E-state index contributed by atoms with van der Waals surface area (Å²) in [6, 6.07) is 9.47. The van der Waals surface area contributed by atoms with Gasteiger partial charge >= 0.3 is 0 Å². The van der Waals surface area contributed by atoms with E-state index in [1.807, 2.05) is 58.7 Å². The Balaban J connectivity index is 1.34. The van der Waals surface area contributed by atoms with Crippen LogP contribution in [0.2, 0.25) is 0 Å². The number of thiazole rings is 1. The first kappa shape index (κ1) is 22.4. The second kappa shape index (κ2) is 9.47. The Morgan fingerprint density at radius 2 is 2.12 bits per heavy atom. The molecule has 4 heterocycles. The van der Waals surface area contributed by atoms with Crippen LogP contribution < -0.4 is 9.47 Å². The average molecular weight is 494 g/mol. The fraction of sp³-hybridized carbons (Fsp3) is 0.250. The van der Waals surface area contributed by atoms with E-state index in [1.54, 1.807) is 23.6 Å². The smallest absolute Gasteiger partial charge is 0.193 e. The molecule has 0 radical (unpaired) electrons. The van der Waals surface area contributed by atoms with Crippen molar-refractivity contribution in [3.05, 3.63) is 77.3 Å². The summed E-state index contributed by atoms with van der Waals surface area (Å²) in [5.41, 5.74) is 2.56. The number of allylic oxidation sites excluding steroid dienone is 1. The molecule has 0 N–H and O–H groups in total. The summed E-state index contributed by atoms with van der Waals surface area (Å²) in [7, 11) is 0. The fourth-order valence-corrected chi connectivity index (χ4v) is 5.56. The molecule has 1 unspecified atom stereocenters. The number of carbonyl (C=O) groups excluding carboxylic acids is 1. The van der Waals surface area contributed by atoms with Crippen molar-refractivity contribution >= 4 is 28.9 Å². The van der Waals surface area contributed by atoms with Crippen molar-refractivity contribution in [2.45, 2.75) is 31.7 Å². The molecule has 0 saturated carbocycles. The number of fused-ring (bicyclic) bond motifs is 1. The number of hydrogen-bond donors (Lipinski definition) is 0. The van der Waals surface area contributed by atoms with Crippen molar-refractivity contribution in [1.29, 1.82) is 0 Å². The van der Waals surface area contributed by atoms with Gasteiger partial charge in [0.05, 0.1) is 5.75 Å². The molecule has 1 aromatic carbocycles. The Morgan fingerprint density at radius 1 is 1.29 bits per heavy atom. The minimum absolute atomic E-state index is 0.0294. The number of aromatic nitrogens is 5. The lowest BCUT2D eigenvalue weighted by molar-refractivity contribution is 0.0821. The zero-order chi connectivity index (χ0) is 23.7. The molecule has 0 saturated heterocycles. The molecule has 1 aliphatic rings. The summed E-state index contributed by atoms with van der Waals surface area (Å²) in [5.74, 6) is 2.30. The van der Waals surface area contributed by atoms with E-state index >= 15 is 0 Å². The van der Waals surface area contributed by atoms with Crippen molar-refractivity contribution in [3.63, 3.8) is 0 Å². The Bertz CT molecular complexity index is 1340. The first-order valence-electron chi connectivity index (χ1n) is 10.7. The normalized spacial score (nSPS) is 14.8. The van der Waals surface area contributed by atoms with Gasteiger partial charge < -0.3 is 9.47 Å².